The van der Waals surface area contributed by atoms with Crippen molar-refractivity contribution in [2.24, 2.45) is 5.92 Å². The van der Waals surface area contributed by atoms with Crippen molar-refractivity contribution in [2.45, 2.75) is 45.6 Å². The van der Waals surface area contributed by atoms with Gasteiger partial charge < -0.3 is 15.0 Å². The van der Waals surface area contributed by atoms with Crippen LogP contribution in [0.4, 0.5) is 10.5 Å². The number of ether oxygens (including phenoxy) is 1. The maximum atomic E-state index is 12.1. The summed E-state index contributed by atoms with van der Waals surface area (Å²) in [5.41, 5.74) is 0.737. The molecule has 1 atom stereocenters. The van der Waals surface area contributed by atoms with Crippen molar-refractivity contribution in [3.05, 3.63) is 30.3 Å². The van der Waals surface area contributed by atoms with Gasteiger partial charge in [0, 0.05) is 25.3 Å². The summed E-state index contributed by atoms with van der Waals surface area (Å²) in [7, 11) is 0. The number of likely N-dealkylation sites (tertiary alicyclic amines) is 1. The van der Waals surface area contributed by atoms with Gasteiger partial charge in [-0.2, -0.15) is 0 Å². The van der Waals surface area contributed by atoms with E-state index in [4.69, 9.17) is 4.74 Å². The lowest BCUT2D eigenvalue weighted by Gasteiger charge is -2.34. The number of para-hydroxylation sites is 1. The summed E-state index contributed by atoms with van der Waals surface area (Å²) in [6.07, 6.45) is 3.16. The maximum absolute atomic E-state index is 12.1. The number of piperidine rings is 1. The third-order valence-electron chi connectivity index (χ3n) is 3.83. The first-order valence-electron chi connectivity index (χ1n) is 8.21. The van der Waals surface area contributed by atoms with Crippen LogP contribution in [0.1, 0.15) is 40.0 Å². The van der Waals surface area contributed by atoms with Gasteiger partial charge in [-0.25, -0.2) is 4.79 Å². The summed E-state index contributed by atoms with van der Waals surface area (Å²) < 4.78 is 5.47. The van der Waals surface area contributed by atoms with Gasteiger partial charge in [-0.1, -0.05) is 18.2 Å². The SMILES string of the molecule is CC(C)(C)OC(=O)N1CCCC(CCNc2ccccc2)C1. The molecule has 0 aromatic heterocycles. The van der Waals surface area contributed by atoms with Crippen LogP contribution in [-0.2, 0) is 4.74 Å². The molecule has 1 N–H and O–H groups in total. The van der Waals surface area contributed by atoms with E-state index < -0.39 is 5.60 Å². The lowest BCUT2D eigenvalue weighted by Crippen LogP contribution is -2.43. The fourth-order valence-electron chi connectivity index (χ4n) is 2.77. The van der Waals surface area contributed by atoms with E-state index in [9.17, 15) is 4.79 Å². The Morgan fingerprint density at radius 1 is 1.32 bits per heavy atom. The lowest BCUT2D eigenvalue weighted by molar-refractivity contribution is 0.0163. The first-order valence-corrected chi connectivity index (χ1v) is 8.21. The molecule has 1 heterocycles. The first kappa shape index (κ1) is 16.7. The highest BCUT2D eigenvalue weighted by atomic mass is 16.6. The van der Waals surface area contributed by atoms with Gasteiger partial charge >= 0.3 is 6.09 Å². The minimum atomic E-state index is -0.418. The largest absolute Gasteiger partial charge is 0.444 e. The van der Waals surface area contributed by atoms with Crippen molar-refractivity contribution >= 4 is 11.8 Å². The van der Waals surface area contributed by atoms with E-state index in [-0.39, 0.29) is 6.09 Å². The molecular formula is C18H28N2O2. The Morgan fingerprint density at radius 2 is 2.05 bits per heavy atom. The van der Waals surface area contributed by atoms with Gasteiger partial charge in [0.05, 0.1) is 0 Å². The van der Waals surface area contributed by atoms with Crippen molar-refractivity contribution in [2.75, 3.05) is 25.0 Å². The van der Waals surface area contributed by atoms with E-state index in [1.165, 1.54) is 6.42 Å². The summed E-state index contributed by atoms with van der Waals surface area (Å²) in [6.45, 7) is 8.31. The molecular weight excluding hydrogens is 276 g/mol. The van der Waals surface area contributed by atoms with Crippen LogP contribution in [0.15, 0.2) is 30.3 Å². The molecule has 1 amide bonds. The third kappa shape index (κ3) is 5.58. The Labute approximate surface area is 133 Å². The number of hydrogen-bond acceptors (Lipinski definition) is 3. The zero-order chi connectivity index (χ0) is 16.0. The number of hydrogen-bond donors (Lipinski definition) is 1. The monoisotopic (exact) mass is 304 g/mol. The molecule has 4 heteroatoms. The lowest BCUT2D eigenvalue weighted by atomic mass is 9.95. The molecule has 4 nitrogen and oxygen atoms in total. The Kier molecular flexibility index (Phi) is 5.69. The van der Waals surface area contributed by atoms with Gasteiger partial charge in [-0.3, -0.25) is 0 Å². The van der Waals surface area contributed by atoms with E-state index in [0.29, 0.717) is 5.92 Å². The molecule has 0 aliphatic carbocycles. The number of anilines is 1. The highest BCUT2D eigenvalue weighted by Gasteiger charge is 2.27. The molecule has 1 fully saturated rings. The molecule has 22 heavy (non-hydrogen) atoms. The van der Waals surface area contributed by atoms with Crippen LogP contribution in [0.3, 0.4) is 0 Å². The van der Waals surface area contributed by atoms with Crippen LogP contribution < -0.4 is 5.32 Å². The average Bonchev–Trinajstić information content (AvgIpc) is 2.47. The van der Waals surface area contributed by atoms with Gasteiger partial charge in [-0.05, 0) is 58.1 Å². The molecule has 0 saturated carbocycles. The number of amides is 1. The van der Waals surface area contributed by atoms with Crippen LogP contribution in [0, 0.1) is 5.92 Å². The number of nitrogens with one attached hydrogen (secondary N) is 1. The highest BCUT2D eigenvalue weighted by Crippen LogP contribution is 2.22. The molecule has 0 spiro atoms. The van der Waals surface area contributed by atoms with E-state index in [2.05, 4.69) is 17.4 Å². The second-order valence-electron chi connectivity index (χ2n) is 7.02. The predicted octanol–water partition coefficient (Wildman–Crippen LogP) is 4.14. The maximum Gasteiger partial charge on any atom is 0.410 e. The van der Waals surface area contributed by atoms with Crippen LogP contribution in [0.25, 0.3) is 0 Å². The van der Waals surface area contributed by atoms with Gasteiger partial charge in [0.2, 0.25) is 0 Å². The quantitative estimate of drug-likeness (QED) is 0.909. The van der Waals surface area contributed by atoms with Crippen LogP contribution >= 0.6 is 0 Å². The number of benzene rings is 1. The van der Waals surface area contributed by atoms with Crippen molar-refractivity contribution in [3.63, 3.8) is 0 Å². The van der Waals surface area contributed by atoms with Gasteiger partial charge in [0.15, 0.2) is 0 Å². The Hall–Kier alpha value is -1.71. The Balaban J connectivity index is 1.75. The second-order valence-corrected chi connectivity index (χ2v) is 7.02. The molecule has 1 aromatic rings. The van der Waals surface area contributed by atoms with Crippen molar-refractivity contribution < 1.29 is 9.53 Å². The fraction of sp³-hybridized carbons (Fsp3) is 0.611. The zero-order valence-electron chi connectivity index (χ0n) is 14.0. The minimum Gasteiger partial charge on any atom is -0.444 e. The summed E-state index contributed by atoms with van der Waals surface area (Å²) in [4.78, 5) is 14.0. The Morgan fingerprint density at radius 3 is 2.73 bits per heavy atom. The number of carbonyl (C=O) groups excluding carboxylic acids is 1. The standard InChI is InChI=1S/C18H28N2O2/c1-18(2,3)22-17(21)20-13-7-8-15(14-20)11-12-19-16-9-5-4-6-10-16/h4-6,9-10,15,19H,7-8,11-14H2,1-3H3. The second kappa shape index (κ2) is 7.52. The van der Waals surface area contributed by atoms with Crippen LogP contribution in [0.5, 0.6) is 0 Å². The summed E-state index contributed by atoms with van der Waals surface area (Å²) in [5, 5.41) is 3.44. The van der Waals surface area contributed by atoms with E-state index >= 15 is 0 Å². The fourth-order valence-corrected chi connectivity index (χ4v) is 2.77. The normalized spacial score (nSPS) is 18.9. The third-order valence-corrected chi connectivity index (χ3v) is 3.83. The summed E-state index contributed by atoms with van der Waals surface area (Å²) in [6, 6.07) is 10.2. The molecule has 1 unspecified atom stereocenters. The van der Waals surface area contributed by atoms with E-state index in [1.807, 2.05) is 43.9 Å². The number of carbonyl (C=O) groups is 1. The van der Waals surface area contributed by atoms with Crippen LogP contribution in [-0.4, -0.2) is 36.2 Å². The molecule has 1 aromatic carbocycles. The first-order chi connectivity index (χ1) is 10.4. The molecule has 2 rings (SSSR count). The van der Waals surface area contributed by atoms with Gasteiger partial charge in [-0.15, -0.1) is 0 Å². The average molecular weight is 304 g/mol. The number of nitrogens with zero attached hydrogens (tertiary/aromatic N) is 1. The number of rotatable bonds is 4. The molecule has 0 bridgehead atoms. The van der Waals surface area contributed by atoms with Crippen LogP contribution in [0.2, 0.25) is 0 Å². The topological polar surface area (TPSA) is 41.6 Å². The Bertz CT molecular complexity index is 468. The highest BCUT2D eigenvalue weighted by molar-refractivity contribution is 5.68. The van der Waals surface area contributed by atoms with Crippen molar-refractivity contribution in [1.29, 1.82) is 0 Å². The smallest absolute Gasteiger partial charge is 0.410 e. The predicted molar refractivity (Wildman–Crippen MR) is 90.1 cm³/mol. The van der Waals surface area contributed by atoms with Gasteiger partial charge in [0.1, 0.15) is 5.60 Å². The van der Waals surface area contributed by atoms with Crippen molar-refractivity contribution in [3.8, 4) is 0 Å². The summed E-state index contributed by atoms with van der Waals surface area (Å²) >= 11 is 0. The minimum absolute atomic E-state index is 0.173. The molecule has 1 aliphatic rings. The van der Waals surface area contributed by atoms with Crippen molar-refractivity contribution in [1.82, 2.24) is 4.90 Å². The zero-order valence-corrected chi connectivity index (χ0v) is 14.0. The molecule has 1 saturated heterocycles. The summed E-state index contributed by atoms with van der Waals surface area (Å²) in [5.74, 6) is 0.553. The molecule has 1 aliphatic heterocycles. The van der Waals surface area contributed by atoms with Gasteiger partial charge in [0.25, 0.3) is 0 Å². The van der Waals surface area contributed by atoms with E-state index in [1.54, 1.807) is 0 Å². The molecule has 0 radical (unpaired) electrons. The molecule has 122 valence electrons. The van der Waals surface area contributed by atoms with E-state index in [0.717, 1.165) is 38.2 Å².